The number of rotatable bonds is 6. The molecule has 9 heteroatoms. The Balaban J connectivity index is 1.72. The topological polar surface area (TPSA) is 94.5 Å². The summed E-state index contributed by atoms with van der Waals surface area (Å²) in [7, 11) is 3.02. The number of carbonyl (C=O) groups excluding carboxylic acids is 2. The number of benzene rings is 2. The van der Waals surface area contributed by atoms with Crippen molar-refractivity contribution in [1.29, 1.82) is 0 Å². The smallest absolute Gasteiger partial charge is 0.325 e. The molecule has 4 rings (SSSR count). The minimum absolute atomic E-state index is 0.0911. The van der Waals surface area contributed by atoms with Gasteiger partial charge < -0.3 is 20.1 Å². The van der Waals surface area contributed by atoms with Crippen LogP contribution in [0.3, 0.4) is 0 Å². The predicted octanol–water partition coefficient (Wildman–Crippen LogP) is 3.88. The molecule has 164 valence electrons. The average molecular weight is 436 g/mol. The van der Waals surface area contributed by atoms with Gasteiger partial charge in [-0.1, -0.05) is 0 Å². The third-order valence-electron chi connectivity index (χ3n) is 4.97. The first-order chi connectivity index (χ1) is 15.5. The van der Waals surface area contributed by atoms with Crippen LogP contribution in [0.1, 0.15) is 10.4 Å². The third kappa shape index (κ3) is 3.92. The van der Waals surface area contributed by atoms with Gasteiger partial charge in [-0.2, -0.15) is 0 Å². The quantitative estimate of drug-likeness (QED) is 0.478. The van der Waals surface area contributed by atoms with Crippen LogP contribution in [0.4, 0.5) is 9.18 Å². The molecule has 0 aliphatic carbocycles. The van der Waals surface area contributed by atoms with Crippen LogP contribution in [0.15, 0.2) is 54.9 Å². The maximum Gasteiger partial charge on any atom is 0.325 e. The van der Waals surface area contributed by atoms with Crippen LogP contribution in [0.5, 0.6) is 17.2 Å². The SMILES string of the molecule is CNC(=O)n1ccc2cc(Oc3ccnc4cc(OC)c(C(=O)NCCF)cc34)ccc21. The van der Waals surface area contributed by atoms with E-state index >= 15 is 0 Å². The molecule has 0 aliphatic heterocycles. The molecule has 4 aromatic rings. The fourth-order valence-electron chi connectivity index (χ4n) is 3.45. The lowest BCUT2D eigenvalue weighted by Gasteiger charge is -2.13. The van der Waals surface area contributed by atoms with Crippen LogP contribution in [-0.2, 0) is 0 Å². The molecule has 0 atom stereocenters. The highest BCUT2D eigenvalue weighted by molar-refractivity contribution is 6.02. The molecule has 0 aliphatic rings. The highest BCUT2D eigenvalue weighted by Gasteiger charge is 2.17. The summed E-state index contributed by atoms with van der Waals surface area (Å²) in [5, 5.41) is 6.53. The molecule has 0 spiro atoms. The van der Waals surface area contributed by atoms with Crippen molar-refractivity contribution in [1.82, 2.24) is 20.2 Å². The fraction of sp³-hybridized carbons (Fsp3) is 0.174. The molecule has 2 aromatic heterocycles. The van der Waals surface area contributed by atoms with Gasteiger partial charge in [-0.3, -0.25) is 14.3 Å². The van der Waals surface area contributed by atoms with E-state index in [-0.39, 0.29) is 18.1 Å². The van der Waals surface area contributed by atoms with E-state index < -0.39 is 12.6 Å². The standard InChI is InChI=1S/C23H21FN4O4/c1-25-23(30)28-10-6-14-11-15(3-4-19(14)28)32-20-5-8-26-18-13-21(31-2)17(12-16(18)20)22(29)27-9-7-24/h3-6,8,10-13H,7,9H2,1-2H3,(H,25,30)(H,27,29). The van der Waals surface area contributed by atoms with Gasteiger partial charge in [0.1, 0.15) is 23.9 Å². The molecule has 0 unspecified atom stereocenters. The van der Waals surface area contributed by atoms with Crippen LogP contribution < -0.4 is 20.1 Å². The number of nitrogens with one attached hydrogen (secondary N) is 2. The summed E-state index contributed by atoms with van der Waals surface area (Å²) in [6.45, 7) is -0.756. The van der Waals surface area contributed by atoms with E-state index in [2.05, 4.69) is 15.6 Å². The van der Waals surface area contributed by atoms with Gasteiger partial charge >= 0.3 is 6.03 Å². The molecule has 0 saturated carbocycles. The molecule has 0 fully saturated rings. The van der Waals surface area contributed by atoms with E-state index in [0.29, 0.717) is 28.2 Å². The summed E-state index contributed by atoms with van der Waals surface area (Å²) in [6.07, 6.45) is 3.28. The first-order valence-electron chi connectivity index (χ1n) is 9.87. The van der Waals surface area contributed by atoms with Crippen molar-refractivity contribution in [3.63, 3.8) is 0 Å². The zero-order valence-electron chi connectivity index (χ0n) is 17.5. The molecule has 0 bridgehead atoms. The van der Waals surface area contributed by atoms with Crippen molar-refractivity contribution in [2.24, 2.45) is 0 Å². The Labute approximate surface area is 182 Å². The minimum Gasteiger partial charge on any atom is -0.496 e. The number of aromatic nitrogens is 2. The monoisotopic (exact) mass is 436 g/mol. The van der Waals surface area contributed by atoms with Crippen molar-refractivity contribution in [2.75, 3.05) is 27.4 Å². The Morgan fingerprint density at radius 2 is 1.97 bits per heavy atom. The van der Waals surface area contributed by atoms with Crippen LogP contribution >= 0.6 is 0 Å². The number of carbonyl (C=O) groups is 2. The summed E-state index contributed by atoms with van der Waals surface area (Å²) >= 11 is 0. The number of pyridine rings is 1. The Bertz CT molecular complexity index is 1320. The van der Waals surface area contributed by atoms with E-state index in [1.54, 1.807) is 49.8 Å². The molecule has 0 saturated heterocycles. The molecule has 2 N–H and O–H groups in total. The van der Waals surface area contributed by atoms with Gasteiger partial charge in [0, 0.05) is 42.8 Å². The molecule has 2 amide bonds. The molecule has 2 aromatic carbocycles. The van der Waals surface area contributed by atoms with E-state index in [0.717, 1.165) is 10.9 Å². The summed E-state index contributed by atoms with van der Waals surface area (Å²) in [5.41, 5.74) is 1.57. The Morgan fingerprint density at radius 1 is 1.12 bits per heavy atom. The predicted molar refractivity (Wildman–Crippen MR) is 118 cm³/mol. The second-order valence-corrected chi connectivity index (χ2v) is 6.89. The number of ether oxygens (including phenoxy) is 2. The Kier molecular flexibility index (Phi) is 5.89. The summed E-state index contributed by atoms with van der Waals surface area (Å²) in [6, 6.07) is 11.9. The number of methoxy groups -OCH3 is 1. The van der Waals surface area contributed by atoms with Gasteiger partial charge in [-0.15, -0.1) is 0 Å². The van der Waals surface area contributed by atoms with Crippen molar-refractivity contribution in [2.45, 2.75) is 0 Å². The van der Waals surface area contributed by atoms with E-state index in [9.17, 15) is 14.0 Å². The molecule has 0 radical (unpaired) electrons. The molecular weight excluding hydrogens is 415 g/mol. The number of nitrogens with zero attached hydrogens (tertiary/aromatic N) is 2. The molecule has 32 heavy (non-hydrogen) atoms. The first kappa shape index (κ1) is 21.1. The molecule has 2 heterocycles. The number of amides is 2. The number of alkyl halides is 1. The van der Waals surface area contributed by atoms with Crippen molar-refractivity contribution in [3.8, 4) is 17.2 Å². The van der Waals surface area contributed by atoms with Crippen LogP contribution in [0.2, 0.25) is 0 Å². The maximum atomic E-state index is 12.5. The van der Waals surface area contributed by atoms with Crippen LogP contribution in [-0.4, -0.2) is 48.9 Å². The normalized spacial score (nSPS) is 10.8. The largest absolute Gasteiger partial charge is 0.496 e. The van der Waals surface area contributed by atoms with Gasteiger partial charge in [0.05, 0.1) is 23.7 Å². The van der Waals surface area contributed by atoms with E-state index in [1.165, 1.54) is 11.7 Å². The van der Waals surface area contributed by atoms with Crippen molar-refractivity contribution < 1.29 is 23.5 Å². The van der Waals surface area contributed by atoms with Gasteiger partial charge in [0.2, 0.25) is 0 Å². The second-order valence-electron chi connectivity index (χ2n) is 6.89. The zero-order valence-corrected chi connectivity index (χ0v) is 17.5. The number of hydrogen-bond acceptors (Lipinski definition) is 5. The van der Waals surface area contributed by atoms with Crippen LogP contribution in [0, 0.1) is 0 Å². The summed E-state index contributed by atoms with van der Waals surface area (Å²) in [4.78, 5) is 28.8. The maximum absolute atomic E-state index is 12.5. The van der Waals surface area contributed by atoms with E-state index in [4.69, 9.17) is 9.47 Å². The number of halogens is 1. The number of fused-ring (bicyclic) bond motifs is 2. The summed E-state index contributed by atoms with van der Waals surface area (Å²) in [5.74, 6) is 0.921. The Morgan fingerprint density at radius 3 is 2.72 bits per heavy atom. The van der Waals surface area contributed by atoms with Gasteiger partial charge in [-0.25, -0.2) is 9.18 Å². The lowest BCUT2D eigenvalue weighted by Crippen LogP contribution is -2.25. The van der Waals surface area contributed by atoms with Crippen molar-refractivity contribution in [3.05, 3.63) is 60.4 Å². The van der Waals surface area contributed by atoms with Gasteiger partial charge in [0.25, 0.3) is 5.91 Å². The second kappa shape index (κ2) is 8.93. The van der Waals surface area contributed by atoms with Gasteiger partial charge in [-0.05, 0) is 36.4 Å². The summed E-state index contributed by atoms with van der Waals surface area (Å²) < 4.78 is 25.4. The minimum atomic E-state index is -0.665. The molecule has 8 nitrogen and oxygen atoms in total. The first-order valence-corrected chi connectivity index (χ1v) is 9.87. The molecular formula is C23H21FN4O4. The number of hydrogen-bond donors (Lipinski definition) is 2. The fourth-order valence-corrected chi connectivity index (χ4v) is 3.45. The highest BCUT2D eigenvalue weighted by atomic mass is 19.1. The lowest BCUT2D eigenvalue weighted by atomic mass is 10.1. The van der Waals surface area contributed by atoms with Gasteiger partial charge in [0.15, 0.2) is 0 Å². The van der Waals surface area contributed by atoms with E-state index in [1.807, 2.05) is 12.1 Å². The Hall–Kier alpha value is -4.14. The van der Waals surface area contributed by atoms with Crippen molar-refractivity contribution >= 4 is 33.7 Å². The third-order valence-corrected chi connectivity index (χ3v) is 4.97. The highest BCUT2D eigenvalue weighted by Crippen LogP contribution is 2.34. The lowest BCUT2D eigenvalue weighted by molar-refractivity contribution is 0.0948. The zero-order chi connectivity index (χ0) is 22.7. The van der Waals surface area contributed by atoms with Crippen LogP contribution in [0.25, 0.3) is 21.8 Å². The average Bonchev–Trinajstić information content (AvgIpc) is 3.24.